The second kappa shape index (κ2) is 6.53. The van der Waals surface area contributed by atoms with Gasteiger partial charge in [0.05, 0.1) is 5.71 Å². The molecule has 0 fully saturated rings. The topological polar surface area (TPSA) is 106 Å². The summed E-state index contributed by atoms with van der Waals surface area (Å²) in [6.07, 6.45) is 0. The first-order chi connectivity index (χ1) is 8.45. The number of rotatable bonds is 4. The van der Waals surface area contributed by atoms with E-state index in [1.807, 2.05) is 12.3 Å². The number of nitrogens with one attached hydrogen (secondary N) is 1. The Morgan fingerprint density at radius 3 is 2.67 bits per heavy atom. The Kier molecular flexibility index (Phi) is 5.32. The van der Waals surface area contributed by atoms with Gasteiger partial charge < -0.3 is 5.73 Å². The predicted molar refractivity (Wildman–Crippen MR) is 75.9 cm³/mol. The zero-order valence-corrected chi connectivity index (χ0v) is 12.0. The molecule has 0 saturated heterocycles. The number of hydrogen-bond donors (Lipinski definition) is 3. The predicted octanol–water partition coefficient (Wildman–Crippen LogP) is 1.09. The van der Waals surface area contributed by atoms with Gasteiger partial charge in [-0.2, -0.15) is 5.10 Å². The fraction of sp³-hybridized carbons (Fsp3) is 0.300. The molecule has 0 bridgehead atoms. The highest BCUT2D eigenvalue weighted by Crippen LogP contribution is 2.12. The molecule has 0 aliphatic carbocycles. The van der Waals surface area contributed by atoms with Crippen LogP contribution in [-0.4, -0.2) is 16.6 Å². The summed E-state index contributed by atoms with van der Waals surface area (Å²) in [6, 6.07) is 0. The molecule has 0 spiro atoms. The van der Waals surface area contributed by atoms with E-state index >= 15 is 0 Å². The van der Waals surface area contributed by atoms with E-state index in [1.165, 1.54) is 11.3 Å². The SMILES string of the molecule is C/C(N)=C(/SN)C(=O)N/N=C(\C)c1nc(C)cs1. The molecule has 0 radical (unpaired) electrons. The normalized spacial score (nSPS) is 13.2. The van der Waals surface area contributed by atoms with Crippen LogP contribution in [-0.2, 0) is 4.79 Å². The maximum Gasteiger partial charge on any atom is 0.280 e. The van der Waals surface area contributed by atoms with E-state index in [2.05, 4.69) is 15.5 Å². The van der Waals surface area contributed by atoms with Crippen molar-refractivity contribution >= 4 is 34.9 Å². The number of hydrogen-bond acceptors (Lipinski definition) is 7. The van der Waals surface area contributed by atoms with E-state index in [9.17, 15) is 4.79 Å². The van der Waals surface area contributed by atoms with Crippen molar-refractivity contribution in [3.05, 3.63) is 26.7 Å². The molecule has 1 rings (SSSR count). The Labute approximate surface area is 114 Å². The van der Waals surface area contributed by atoms with Crippen molar-refractivity contribution < 1.29 is 4.79 Å². The molecular formula is C10H15N5OS2. The molecule has 0 aliphatic rings. The third kappa shape index (κ3) is 3.83. The molecule has 1 aromatic rings. The van der Waals surface area contributed by atoms with Gasteiger partial charge in [-0.25, -0.2) is 10.4 Å². The number of carbonyl (C=O) groups excluding carboxylic acids is 1. The van der Waals surface area contributed by atoms with Gasteiger partial charge in [-0.05, 0) is 32.7 Å². The van der Waals surface area contributed by atoms with Crippen LogP contribution >= 0.6 is 23.3 Å². The van der Waals surface area contributed by atoms with Crippen LogP contribution in [0.3, 0.4) is 0 Å². The summed E-state index contributed by atoms with van der Waals surface area (Å²) < 4.78 is 0. The number of hydrazone groups is 1. The molecule has 8 heteroatoms. The Morgan fingerprint density at radius 1 is 1.56 bits per heavy atom. The number of nitrogens with two attached hydrogens (primary N) is 2. The summed E-state index contributed by atoms with van der Waals surface area (Å²) in [7, 11) is 0. The quantitative estimate of drug-likeness (QED) is 0.332. The van der Waals surface area contributed by atoms with Gasteiger partial charge in [0.1, 0.15) is 9.91 Å². The standard InChI is InChI=1S/C10H15N5OS2/c1-5-4-17-10(13-5)7(3)14-15-9(16)8(18-12)6(2)11/h4H,11-12H2,1-3H3,(H,15,16)/b8-6-,14-7+. The second-order valence-electron chi connectivity index (χ2n) is 3.56. The average Bonchev–Trinajstić information content (AvgIpc) is 2.73. The Hall–Kier alpha value is -1.38. The van der Waals surface area contributed by atoms with Crippen LogP contribution in [0.2, 0.25) is 0 Å². The molecule has 0 atom stereocenters. The average molecular weight is 285 g/mol. The van der Waals surface area contributed by atoms with E-state index in [-0.39, 0.29) is 4.91 Å². The van der Waals surface area contributed by atoms with Crippen LogP contribution in [0.15, 0.2) is 21.1 Å². The van der Waals surface area contributed by atoms with Crippen molar-refractivity contribution in [1.82, 2.24) is 10.4 Å². The molecule has 6 nitrogen and oxygen atoms in total. The molecule has 0 unspecified atom stereocenters. The molecule has 18 heavy (non-hydrogen) atoms. The van der Waals surface area contributed by atoms with Gasteiger partial charge in [0, 0.05) is 16.8 Å². The highest BCUT2D eigenvalue weighted by Gasteiger charge is 2.11. The van der Waals surface area contributed by atoms with Crippen molar-refractivity contribution in [2.24, 2.45) is 16.0 Å². The number of aryl methyl sites for hydroxylation is 1. The largest absolute Gasteiger partial charge is 0.401 e. The molecule has 0 aromatic carbocycles. The Balaban J connectivity index is 2.75. The lowest BCUT2D eigenvalue weighted by molar-refractivity contribution is -0.116. The molecule has 5 N–H and O–H groups in total. The summed E-state index contributed by atoms with van der Waals surface area (Å²) in [5.41, 5.74) is 9.85. The third-order valence-corrected chi connectivity index (χ3v) is 3.75. The first-order valence-electron chi connectivity index (χ1n) is 5.06. The van der Waals surface area contributed by atoms with Gasteiger partial charge in [-0.1, -0.05) is 0 Å². The van der Waals surface area contributed by atoms with Gasteiger partial charge in [0.25, 0.3) is 5.91 Å². The van der Waals surface area contributed by atoms with Crippen molar-refractivity contribution in [1.29, 1.82) is 0 Å². The minimum absolute atomic E-state index is 0.252. The second-order valence-corrected chi connectivity index (χ2v) is 5.06. The molecule has 98 valence electrons. The van der Waals surface area contributed by atoms with Crippen molar-refractivity contribution in [3.8, 4) is 0 Å². The van der Waals surface area contributed by atoms with Crippen LogP contribution in [0.4, 0.5) is 0 Å². The lowest BCUT2D eigenvalue weighted by Crippen LogP contribution is -2.22. The number of allylic oxidation sites excluding steroid dienone is 1. The number of amides is 1. The Bertz CT molecular complexity index is 502. The van der Waals surface area contributed by atoms with Crippen LogP contribution in [0.5, 0.6) is 0 Å². The van der Waals surface area contributed by atoms with Gasteiger partial charge >= 0.3 is 0 Å². The number of aromatic nitrogens is 1. The van der Waals surface area contributed by atoms with E-state index in [0.717, 1.165) is 22.6 Å². The van der Waals surface area contributed by atoms with E-state index in [4.69, 9.17) is 10.9 Å². The molecule has 0 saturated carbocycles. The first-order valence-corrected chi connectivity index (χ1v) is 6.81. The van der Waals surface area contributed by atoms with Crippen LogP contribution in [0.25, 0.3) is 0 Å². The summed E-state index contributed by atoms with van der Waals surface area (Å²) >= 11 is 2.27. The minimum atomic E-state index is -0.421. The highest BCUT2D eigenvalue weighted by molar-refractivity contribution is 8.01. The van der Waals surface area contributed by atoms with Crippen molar-refractivity contribution in [2.45, 2.75) is 20.8 Å². The molecular weight excluding hydrogens is 270 g/mol. The summed E-state index contributed by atoms with van der Waals surface area (Å²) in [6.45, 7) is 5.28. The minimum Gasteiger partial charge on any atom is -0.401 e. The fourth-order valence-electron chi connectivity index (χ4n) is 1.08. The van der Waals surface area contributed by atoms with Crippen molar-refractivity contribution in [2.75, 3.05) is 0 Å². The van der Waals surface area contributed by atoms with Gasteiger partial charge in [0.15, 0.2) is 0 Å². The molecule has 1 aromatic heterocycles. The van der Waals surface area contributed by atoms with Crippen LogP contribution < -0.4 is 16.3 Å². The monoisotopic (exact) mass is 285 g/mol. The summed E-state index contributed by atoms with van der Waals surface area (Å²) in [4.78, 5) is 16.2. The van der Waals surface area contributed by atoms with Gasteiger partial charge in [0.2, 0.25) is 0 Å². The van der Waals surface area contributed by atoms with Gasteiger partial charge in [-0.3, -0.25) is 9.93 Å². The zero-order chi connectivity index (χ0) is 13.7. The highest BCUT2D eigenvalue weighted by atomic mass is 32.2. The maximum atomic E-state index is 11.7. The van der Waals surface area contributed by atoms with Crippen LogP contribution in [0.1, 0.15) is 24.5 Å². The first kappa shape index (κ1) is 14.7. The lowest BCUT2D eigenvalue weighted by Gasteiger charge is -2.04. The van der Waals surface area contributed by atoms with Gasteiger partial charge in [-0.15, -0.1) is 11.3 Å². The number of thiazole rings is 1. The van der Waals surface area contributed by atoms with E-state index in [1.54, 1.807) is 13.8 Å². The zero-order valence-electron chi connectivity index (χ0n) is 10.4. The Morgan fingerprint density at radius 2 is 2.22 bits per heavy atom. The number of carbonyl (C=O) groups is 1. The smallest absolute Gasteiger partial charge is 0.280 e. The maximum absolute atomic E-state index is 11.7. The molecule has 0 aliphatic heterocycles. The third-order valence-electron chi connectivity index (χ3n) is 1.94. The molecule has 1 amide bonds. The van der Waals surface area contributed by atoms with Crippen LogP contribution in [0, 0.1) is 6.92 Å². The van der Waals surface area contributed by atoms with E-state index in [0.29, 0.717) is 11.4 Å². The summed E-state index contributed by atoms with van der Waals surface area (Å²) in [5.74, 6) is -0.421. The number of nitrogens with zero attached hydrogens (tertiary/aromatic N) is 2. The molecule has 1 heterocycles. The fourth-order valence-corrected chi connectivity index (χ4v) is 2.17. The van der Waals surface area contributed by atoms with E-state index < -0.39 is 5.91 Å². The van der Waals surface area contributed by atoms with Crippen molar-refractivity contribution in [3.63, 3.8) is 0 Å². The summed E-state index contributed by atoms with van der Waals surface area (Å²) in [5, 5.41) is 12.0. The lowest BCUT2D eigenvalue weighted by atomic mass is 10.4.